The summed E-state index contributed by atoms with van der Waals surface area (Å²) in [7, 11) is 0. The van der Waals surface area contributed by atoms with Crippen LogP contribution in [-0.4, -0.2) is 50.3 Å². The highest BCUT2D eigenvalue weighted by Gasteiger charge is 2.04. The lowest BCUT2D eigenvalue weighted by molar-refractivity contribution is -0.141. The Balaban J connectivity index is 3.74. The molecule has 8 heteroatoms. The summed E-state index contributed by atoms with van der Waals surface area (Å²) in [4.78, 5) is 46.0. The fraction of sp³-hybridized carbons (Fsp3) is 0.667. The van der Waals surface area contributed by atoms with Crippen molar-refractivity contribution in [3.8, 4) is 0 Å². The van der Waals surface area contributed by atoms with Gasteiger partial charge in [0.05, 0.1) is 26.4 Å². The topological polar surface area (TPSA) is 105 Å². The lowest BCUT2D eigenvalue weighted by Gasteiger charge is -2.05. The molecule has 0 unspecified atom stereocenters. The van der Waals surface area contributed by atoms with E-state index in [4.69, 9.17) is 18.9 Å². The molecule has 0 aliphatic rings. The van der Waals surface area contributed by atoms with Gasteiger partial charge in [-0.15, -0.1) is 0 Å². The van der Waals surface area contributed by atoms with E-state index in [0.717, 1.165) is 50.0 Å². The van der Waals surface area contributed by atoms with E-state index in [1.807, 2.05) is 0 Å². The van der Waals surface area contributed by atoms with E-state index in [0.29, 0.717) is 37.9 Å². The molecule has 182 valence electrons. The minimum Gasteiger partial charge on any atom is -0.463 e. The zero-order valence-corrected chi connectivity index (χ0v) is 19.8. The molecule has 0 N–H and O–H groups in total. The van der Waals surface area contributed by atoms with Crippen LogP contribution in [0.25, 0.3) is 0 Å². The third kappa shape index (κ3) is 20.6. The Kier molecular flexibility index (Phi) is 17.5. The maximum Gasteiger partial charge on any atom is 0.331 e. The highest BCUT2D eigenvalue weighted by molar-refractivity contribution is 5.92. The number of carbonyl (C=O) groups excluding carboxylic acids is 4. The summed E-state index contributed by atoms with van der Waals surface area (Å²) in [5.74, 6) is -1.35. The zero-order valence-electron chi connectivity index (χ0n) is 19.8. The van der Waals surface area contributed by atoms with Crippen molar-refractivity contribution < 1.29 is 38.1 Å². The van der Waals surface area contributed by atoms with Crippen LogP contribution in [0.1, 0.15) is 66.2 Å². The van der Waals surface area contributed by atoms with Crippen molar-refractivity contribution in [2.45, 2.75) is 66.2 Å². The standard InChI is InChI=1S/C24H38O8/c1-19(2)9-7-17-31-23(27)13-11-21(25)29-15-5-6-16-30-22(26)12-14-24(28)32-18-8-10-20(3)4/h11-14,19-20H,5-10,15-18H2,1-4H3/b13-11+,14-12+. The van der Waals surface area contributed by atoms with Gasteiger partial charge in [-0.05, 0) is 50.4 Å². The van der Waals surface area contributed by atoms with Crippen LogP contribution in [0.4, 0.5) is 0 Å². The van der Waals surface area contributed by atoms with Gasteiger partial charge < -0.3 is 18.9 Å². The number of rotatable bonds is 17. The van der Waals surface area contributed by atoms with Crippen molar-refractivity contribution in [1.29, 1.82) is 0 Å². The third-order valence-corrected chi connectivity index (χ3v) is 4.08. The summed E-state index contributed by atoms with van der Waals surface area (Å²) in [6, 6.07) is 0. The molecule has 0 fully saturated rings. The molecule has 32 heavy (non-hydrogen) atoms. The highest BCUT2D eigenvalue weighted by Crippen LogP contribution is 2.04. The summed E-state index contributed by atoms with van der Waals surface area (Å²) < 4.78 is 19.8. The van der Waals surface area contributed by atoms with Gasteiger partial charge in [-0.3, -0.25) is 0 Å². The van der Waals surface area contributed by atoms with E-state index in [1.165, 1.54) is 0 Å². The van der Waals surface area contributed by atoms with Gasteiger partial charge in [-0.2, -0.15) is 0 Å². The SMILES string of the molecule is CC(C)CCCOC(=O)/C=C/C(=O)OCCCCOC(=O)/C=C/C(=O)OCCCC(C)C. The molecule has 0 aliphatic carbocycles. The molecule has 0 spiro atoms. The van der Waals surface area contributed by atoms with E-state index in [1.54, 1.807) is 0 Å². The summed E-state index contributed by atoms with van der Waals surface area (Å²) in [6.07, 6.45) is 8.60. The predicted molar refractivity (Wildman–Crippen MR) is 119 cm³/mol. The molecular weight excluding hydrogens is 416 g/mol. The summed E-state index contributed by atoms with van der Waals surface area (Å²) in [5.41, 5.74) is 0. The van der Waals surface area contributed by atoms with Crippen molar-refractivity contribution in [2.24, 2.45) is 11.8 Å². The number of carbonyl (C=O) groups is 4. The Labute approximate surface area is 191 Å². The Morgan fingerprint density at radius 3 is 1.00 bits per heavy atom. The minimum absolute atomic E-state index is 0.128. The largest absolute Gasteiger partial charge is 0.463 e. The predicted octanol–water partition coefficient (Wildman–Crippen LogP) is 3.92. The van der Waals surface area contributed by atoms with Crippen LogP contribution in [-0.2, 0) is 38.1 Å². The van der Waals surface area contributed by atoms with Crippen molar-refractivity contribution >= 4 is 23.9 Å². The van der Waals surface area contributed by atoms with E-state index in [-0.39, 0.29) is 13.2 Å². The molecule has 0 heterocycles. The maximum atomic E-state index is 11.5. The smallest absolute Gasteiger partial charge is 0.331 e. The molecule has 0 bridgehead atoms. The van der Waals surface area contributed by atoms with Gasteiger partial charge in [0.1, 0.15) is 0 Å². The van der Waals surface area contributed by atoms with E-state index < -0.39 is 23.9 Å². The van der Waals surface area contributed by atoms with Crippen LogP contribution in [0.15, 0.2) is 24.3 Å². The summed E-state index contributed by atoms with van der Waals surface area (Å²) in [5, 5.41) is 0. The van der Waals surface area contributed by atoms with Gasteiger partial charge in [0.15, 0.2) is 0 Å². The van der Waals surface area contributed by atoms with Crippen LogP contribution in [0.2, 0.25) is 0 Å². The van der Waals surface area contributed by atoms with Crippen LogP contribution in [0.3, 0.4) is 0 Å². The minimum atomic E-state index is -0.643. The first-order valence-electron chi connectivity index (χ1n) is 11.2. The van der Waals surface area contributed by atoms with Crippen molar-refractivity contribution in [1.82, 2.24) is 0 Å². The molecule has 0 atom stereocenters. The number of ether oxygens (including phenoxy) is 4. The molecule has 0 amide bonds. The lowest BCUT2D eigenvalue weighted by Crippen LogP contribution is -2.08. The molecule has 8 nitrogen and oxygen atoms in total. The molecule has 0 aromatic carbocycles. The van der Waals surface area contributed by atoms with Crippen LogP contribution in [0.5, 0.6) is 0 Å². The molecule has 0 aliphatic heterocycles. The molecule has 0 saturated heterocycles. The molecule has 0 saturated carbocycles. The Morgan fingerprint density at radius 2 is 0.750 bits per heavy atom. The Hall–Kier alpha value is -2.64. The first kappa shape index (κ1) is 29.4. The molecular formula is C24H38O8. The summed E-state index contributed by atoms with van der Waals surface area (Å²) in [6.45, 7) is 9.27. The van der Waals surface area contributed by atoms with E-state index in [2.05, 4.69) is 27.7 Å². The van der Waals surface area contributed by atoms with Gasteiger partial charge in [0, 0.05) is 24.3 Å². The van der Waals surface area contributed by atoms with Gasteiger partial charge >= 0.3 is 23.9 Å². The van der Waals surface area contributed by atoms with Gasteiger partial charge in [-0.25, -0.2) is 19.2 Å². The first-order valence-corrected chi connectivity index (χ1v) is 11.2. The maximum absolute atomic E-state index is 11.5. The first-order chi connectivity index (χ1) is 15.2. The second-order valence-electron chi connectivity index (χ2n) is 8.12. The fourth-order valence-electron chi connectivity index (χ4n) is 2.34. The van der Waals surface area contributed by atoms with E-state index in [9.17, 15) is 19.2 Å². The van der Waals surface area contributed by atoms with E-state index >= 15 is 0 Å². The number of unbranched alkanes of at least 4 members (excludes halogenated alkanes) is 1. The van der Waals surface area contributed by atoms with Gasteiger partial charge in [0.25, 0.3) is 0 Å². The average Bonchev–Trinajstić information content (AvgIpc) is 2.73. The highest BCUT2D eigenvalue weighted by atomic mass is 16.5. The van der Waals surface area contributed by atoms with Crippen molar-refractivity contribution in [2.75, 3.05) is 26.4 Å². The second-order valence-corrected chi connectivity index (χ2v) is 8.12. The van der Waals surface area contributed by atoms with Crippen LogP contribution < -0.4 is 0 Å². The van der Waals surface area contributed by atoms with Crippen LogP contribution in [0, 0.1) is 11.8 Å². The normalized spacial score (nSPS) is 11.3. The molecule has 0 rings (SSSR count). The second kappa shape index (κ2) is 19.1. The Morgan fingerprint density at radius 1 is 0.500 bits per heavy atom. The number of hydrogen-bond acceptors (Lipinski definition) is 8. The monoisotopic (exact) mass is 454 g/mol. The average molecular weight is 455 g/mol. The zero-order chi connectivity index (χ0) is 24.2. The quantitative estimate of drug-likeness (QED) is 0.141. The number of esters is 4. The third-order valence-electron chi connectivity index (χ3n) is 4.08. The number of hydrogen-bond donors (Lipinski definition) is 0. The lowest BCUT2D eigenvalue weighted by atomic mass is 10.1. The molecule has 0 radical (unpaired) electrons. The molecule has 0 aromatic rings. The van der Waals surface area contributed by atoms with Gasteiger partial charge in [0.2, 0.25) is 0 Å². The van der Waals surface area contributed by atoms with Crippen molar-refractivity contribution in [3.63, 3.8) is 0 Å². The fourth-order valence-corrected chi connectivity index (χ4v) is 2.34. The van der Waals surface area contributed by atoms with Crippen LogP contribution >= 0.6 is 0 Å². The molecule has 0 aromatic heterocycles. The van der Waals surface area contributed by atoms with Gasteiger partial charge in [-0.1, -0.05) is 27.7 Å². The summed E-state index contributed by atoms with van der Waals surface area (Å²) >= 11 is 0. The Bertz CT molecular complexity index is 565. The van der Waals surface area contributed by atoms with Crippen molar-refractivity contribution in [3.05, 3.63) is 24.3 Å².